The van der Waals surface area contributed by atoms with Crippen LogP contribution in [0, 0.1) is 0 Å². The van der Waals surface area contributed by atoms with Gasteiger partial charge >= 0.3 is 19.8 Å². The van der Waals surface area contributed by atoms with Crippen LogP contribution in [0.5, 0.6) is 0 Å². The summed E-state index contributed by atoms with van der Waals surface area (Å²) in [7, 11) is -4.39. The van der Waals surface area contributed by atoms with Gasteiger partial charge in [0.2, 0.25) is 0 Å². The Morgan fingerprint density at radius 1 is 0.353 bits per heavy atom. The molecular weight excluding hydrogens is 1070 g/mol. The van der Waals surface area contributed by atoms with Crippen LogP contribution in [0.25, 0.3) is 0 Å². The standard InChI is InChI=1S/C75H146NO8P/c1-3-5-7-9-11-13-15-17-19-21-23-25-27-29-31-32-33-34-35-36-37-38-39-40-42-43-45-47-49-51-53-55-57-59-61-63-65-67-74(77)81-71-73(72-83-85(79,80)82-70-69-76)84-75(78)68-66-64-62-60-58-56-54-52-50-48-46-44-41-30-28-26-24-22-20-18-16-14-12-10-8-6-4-2/h16,18,22,24,73H,3-15,17,19-21,23,25-72,76H2,1-2H3,(H,79,80)/b18-16-,24-22-. The monoisotopic (exact) mass is 1220 g/mol. The molecule has 504 valence electrons. The molecule has 0 aliphatic rings. The Labute approximate surface area is 529 Å². The molecule has 0 amide bonds. The summed E-state index contributed by atoms with van der Waals surface area (Å²) in [6, 6.07) is 0. The van der Waals surface area contributed by atoms with Crippen LogP contribution in [-0.4, -0.2) is 49.3 Å². The summed E-state index contributed by atoms with van der Waals surface area (Å²) in [5, 5.41) is 0. The van der Waals surface area contributed by atoms with Crippen LogP contribution < -0.4 is 5.73 Å². The van der Waals surface area contributed by atoms with Crippen LogP contribution in [-0.2, 0) is 32.7 Å². The van der Waals surface area contributed by atoms with E-state index in [4.69, 9.17) is 24.3 Å². The first-order chi connectivity index (χ1) is 41.8. The van der Waals surface area contributed by atoms with Crippen LogP contribution >= 0.6 is 7.82 Å². The summed E-state index contributed by atoms with van der Waals surface area (Å²) in [6.45, 7) is 3.82. The molecule has 0 aliphatic carbocycles. The number of hydrogen-bond acceptors (Lipinski definition) is 8. The molecule has 0 aliphatic heterocycles. The predicted molar refractivity (Wildman–Crippen MR) is 368 cm³/mol. The van der Waals surface area contributed by atoms with Gasteiger partial charge in [-0.15, -0.1) is 0 Å². The van der Waals surface area contributed by atoms with Crippen LogP contribution in [0.15, 0.2) is 24.3 Å². The van der Waals surface area contributed by atoms with Gasteiger partial charge in [-0.1, -0.05) is 378 Å². The zero-order valence-electron chi connectivity index (χ0n) is 56.9. The third kappa shape index (κ3) is 71.4. The zero-order chi connectivity index (χ0) is 61.6. The molecule has 0 saturated carbocycles. The van der Waals surface area contributed by atoms with E-state index in [-0.39, 0.29) is 38.6 Å². The molecule has 0 bridgehead atoms. The fraction of sp³-hybridized carbons (Fsp3) is 0.920. The quantitative estimate of drug-likeness (QED) is 0.0264. The van der Waals surface area contributed by atoms with Crippen molar-refractivity contribution in [2.45, 2.75) is 418 Å². The maximum atomic E-state index is 12.8. The van der Waals surface area contributed by atoms with Crippen molar-refractivity contribution in [1.82, 2.24) is 0 Å². The van der Waals surface area contributed by atoms with Gasteiger partial charge in [-0.2, -0.15) is 0 Å². The van der Waals surface area contributed by atoms with Gasteiger partial charge in [0.15, 0.2) is 6.10 Å². The van der Waals surface area contributed by atoms with Crippen molar-refractivity contribution in [2.75, 3.05) is 26.4 Å². The number of phosphoric acid groups is 1. The van der Waals surface area contributed by atoms with E-state index in [1.807, 2.05) is 0 Å². The first kappa shape index (κ1) is 83.5. The molecule has 0 radical (unpaired) electrons. The van der Waals surface area contributed by atoms with Crippen molar-refractivity contribution in [1.29, 1.82) is 0 Å². The molecule has 0 spiro atoms. The van der Waals surface area contributed by atoms with Crippen LogP contribution in [0.4, 0.5) is 0 Å². The zero-order valence-corrected chi connectivity index (χ0v) is 57.8. The molecule has 0 aromatic carbocycles. The van der Waals surface area contributed by atoms with Gasteiger partial charge in [-0.05, 0) is 44.9 Å². The van der Waals surface area contributed by atoms with Gasteiger partial charge in [0.1, 0.15) is 6.61 Å². The number of carbonyl (C=O) groups excluding carboxylic acids is 2. The minimum atomic E-state index is -4.39. The maximum Gasteiger partial charge on any atom is 0.472 e. The Bertz CT molecular complexity index is 1440. The Balaban J connectivity index is 3.75. The SMILES string of the molecule is CCCCCCC/C=C\C/C=C\CCCCCCCCCCCCCCCCCC(=O)OC(COC(=O)CCCCCCCCCCCCCCCCCCCCCCCCCCCCCCCCCCCCCCC)COP(=O)(O)OCCN. The van der Waals surface area contributed by atoms with E-state index in [1.165, 1.54) is 340 Å². The van der Waals surface area contributed by atoms with Crippen molar-refractivity contribution in [3.8, 4) is 0 Å². The topological polar surface area (TPSA) is 134 Å². The molecule has 0 aromatic heterocycles. The number of esters is 2. The summed E-state index contributed by atoms with van der Waals surface area (Å²) < 4.78 is 33.2. The van der Waals surface area contributed by atoms with Crippen molar-refractivity contribution in [3.05, 3.63) is 24.3 Å². The van der Waals surface area contributed by atoms with Gasteiger partial charge in [-0.25, -0.2) is 4.57 Å². The number of unbranched alkanes of at least 4 members (excludes halogenated alkanes) is 56. The smallest absolute Gasteiger partial charge is 0.462 e. The van der Waals surface area contributed by atoms with E-state index in [0.717, 1.165) is 38.5 Å². The Morgan fingerprint density at radius 2 is 0.612 bits per heavy atom. The van der Waals surface area contributed by atoms with Crippen molar-refractivity contribution in [3.63, 3.8) is 0 Å². The lowest BCUT2D eigenvalue weighted by Gasteiger charge is -2.19. The lowest BCUT2D eigenvalue weighted by molar-refractivity contribution is -0.161. The fourth-order valence-corrected chi connectivity index (χ4v) is 12.5. The molecule has 3 N–H and O–H groups in total. The van der Waals surface area contributed by atoms with Crippen molar-refractivity contribution < 1.29 is 37.6 Å². The highest BCUT2D eigenvalue weighted by atomic mass is 31.2. The number of carbonyl (C=O) groups is 2. The first-order valence-electron chi connectivity index (χ1n) is 37.8. The second kappa shape index (κ2) is 71.6. The maximum absolute atomic E-state index is 12.8. The third-order valence-corrected chi connectivity index (χ3v) is 18.3. The van der Waals surface area contributed by atoms with Gasteiger partial charge in [0, 0.05) is 19.4 Å². The molecule has 85 heavy (non-hydrogen) atoms. The summed E-state index contributed by atoms with van der Waals surface area (Å²) in [6.07, 6.45) is 88.8. The van der Waals surface area contributed by atoms with E-state index < -0.39 is 26.5 Å². The number of allylic oxidation sites excluding steroid dienone is 4. The highest BCUT2D eigenvalue weighted by Gasteiger charge is 2.26. The van der Waals surface area contributed by atoms with Crippen molar-refractivity contribution in [2.24, 2.45) is 5.73 Å². The molecule has 0 heterocycles. The molecule has 10 heteroatoms. The van der Waals surface area contributed by atoms with Gasteiger partial charge in [0.25, 0.3) is 0 Å². The molecule has 0 fully saturated rings. The van der Waals surface area contributed by atoms with Gasteiger partial charge in [0.05, 0.1) is 13.2 Å². The lowest BCUT2D eigenvalue weighted by Crippen LogP contribution is -2.29. The Morgan fingerprint density at radius 3 is 0.894 bits per heavy atom. The molecule has 2 atom stereocenters. The lowest BCUT2D eigenvalue weighted by atomic mass is 10.0. The average molecular weight is 1220 g/mol. The summed E-state index contributed by atoms with van der Waals surface area (Å²) in [4.78, 5) is 35.4. The van der Waals surface area contributed by atoms with Gasteiger partial charge in [-0.3, -0.25) is 18.6 Å². The van der Waals surface area contributed by atoms with E-state index in [2.05, 4.69) is 38.2 Å². The highest BCUT2D eigenvalue weighted by Crippen LogP contribution is 2.43. The van der Waals surface area contributed by atoms with Crippen LogP contribution in [0.3, 0.4) is 0 Å². The predicted octanol–water partition coefficient (Wildman–Crippen LogP) is 24.9. The number of phosphoric ester groups is 1. The Kier molecular flexibility index (Phi) is 70.3. The third-order valence-electron chi connectivity index (χ3n) is 17.3. The molecule has 0 saturated heterocycles. The van der Waals surface area contributed by atoms with Crippen molar-refractivity contribution >= 4 is 19.8 Å². The molecule has 0 rings (SSSR count). The molecule has 0 aromatic rings. The minimum Gasteiger partial charge on any atom is -0.462 e. The van der Waals surface area contributed by atoms with Gasteiger partial charge < -0.3 is 20.1 Å². The fourth-order valence-electron chi connectivity index (χ4n) is 11.7. The molecule has 2 unspecified atom stereocenters. The summed E-state index contributed by atoms with van der Waals surface area (Å²) >= 11 is 0. The van der Waals surface area contributed by atoms with E-state index in [1.54, 1.807) is 0 Å². The summed E-state index contributed by atoms with van der Waals surface area (Å²) in [5.74, 6) is -0.803. The second-order valence-electron chi connectivity index (χ2n) is 25.9. The van der Waals surface area contributed by atoms with E-state index in [0.29, 0.717) is 6.42 Å². The number of nitrogens with two attached hydrogens (primary N) is 1. The van der Waals surface area contributed by atoms with E-state index >= 15 is 0 Å². The average Bonchev–Trinajstić information content (AvgIpc) is 3.53. The van der Waals surface area contributed by atoms with Crippen LogP contribution in [0.2, 0.25) is 0 Å². The number of ether oxygens (including phenoxy) is 2. The first-order valence-corrected chi connectivity index (χ1v) is 39.3. The van der Waals surface area contributed by atoms with E-state index in [9.17, 15) is 19.0 Å². The second-order valence-corrected chi connectivity index (χ2v) is 27.3. The largest absolute Gasteiger partial charge is 0.472 e. The molecular formula is C75H146NO8P. The minimum absolute atomic E-state index is 0.0565. The normalized spacial score (nSPS) is 12.9. The number of rotatable bonds is 73. The Hall–Kier alpha value is -1.51. The number of hydrogen-bond donors (Lipinski definition) is 2. The summed E-state index contributed by atoms with van der Waals surface area (Å²) in [5.41, 5.74) is 5.41. The highest BCUT2D eigenvalue weighted by molar-refractivity contribution is 7.47. The molecule has 9 nitrogen and oxygen atoms in total. The van der Waals surface area contributed by atoms with Crippen LogP contribution in [0.1, 0.15) is 412 Å².